The number of aromatic amines is 1. The molecular weight excluding hydrogens is 276 g/mol. The number of nitrogens with zero attached hydrogens (tertiary/aromatic N) is 3. The van der Waals surface area contributed by atoms with Crippen LogP contribution >= 0.6 is 0 Å². The molecule has 0 aliphatic heterocycles. The Morgan fingerprint density at radius 1 is 1.32 bits per heavy atom. The standard InChI is InChI=1S/C17H16N4O/c1-11-4-2-3-5-14(11)17(22)13-9-18-21(10-13)16-8-15(19-20-16)12-6-7-12/h2-5,8-10,12H,6-7H2,1H3,(H,19,20). The number of carbonyl (C=O) groups is 1. The highest BCUT2D eigenvalue weighted by atomic mass is 16.1. The fourth-order valence-electron chi connectivity index (χ4n) is 2.59. The second-order valence-electron chi connectivity index (χ2n) is 5.77. The van der Waals surface area contributed by atoms with E-state index in [4.69, 9.17) is 0 Å². The van der Waals surface area contributed by atoms with Gasteiger partial charge in [0.2, 0.25) is 0 Å². The Hall–Kier alpha value is -2.69. The summed E-state index contributed by atoms with van der Waals surface area (Å²) < 4.78 is 1.65. The Bertz CT molecular complexity index is 842. The summed E-state index contributed by atoms with van der Waals surface area (Å²) in [5, 5.41) is 11.6. The van der Waals surface area contributed by atoms with E-state index in [0.29, 0.717) is 17.0 Å². The smallest absolute Gasteiger partial charge is 0.196 e. The van der Waals surface area contributed by atoms with Gasteiger partial charge in [-0.05, 0) is 25.3 Å². The van der Waals surface area contributed by atoms with Crippen molar-refractivity contribution < 1.29 is 4.79 Å². The number of benzene rings is 1. The molecule has 0 spiro atoms. The predicted octanol–water partition coefficient (Wildman–Crippen LogP) is 3.01. The number of rotatable bonds is 4. The minimum atomic E-state index is -0.0118. The van der Waals surface area contributed by atoms with Crippen LogP contribution in [0.25, 0.3) is 5.82 Å². The monoisotopic (exact) mass is 292 g/mol. The van der Waals surface area contributed by atoms with Gasteiger partial charge in [-0.3, -0.25) is 9.89 Å². The molecule has 2 heterocycles. The van der Waals surface area contributed by atoms with Gasteiger partial charge >= 0.3 is 0 Å². The van der Waals surface area contributed by atoms with E-state index >= 15 is 0 Å². The van der Waals surface area contributed by atoms with Crippen LogP contribution in [0.3, 0.4) is 0 Å². The SMILES string of the molecule is Cc1ccccc1C(=O)c1cnn(-c2cc(C3CC3)[nH]n2)c1. The van der Waals surface area contributed by atoms with Gasteiger partial charge in [0.05, 0.1) is 11.8 Å². The van der Waals surface area contributed by atoms with Gasteiger partial charge in [-0.1, -0.05) is 24.3 Å². The van der Waals surface area contributed by atoms with E-state index in [1.165, 1.54) is 12.8 Å². The molecule has 0 saturated heterocycles. The van der Waals surface area contributed by atoms with E-state index in [0.717, 1.165) is 17.1 Å². The van der Waals surface area contributed by atoms with Gasteiger partial charge in [-0.15, -0.1) is 0 Å². The molecule has 0 bridgehead atoms. The average molecular weight is 292 g/mol. The largest absolute Gasteiger partial charge is 0.288 e. The van der Waals surface area contributed by atoms with Crippen molar-refractivity contribution in [1.29, 1.82) is 0 Å². The van der Waals surface area contributed by atoms with Crippen LogP contribution < -0.4 is 0 Å². The zero-order valence-electron chi connectivity index (χ0n) is 12.3. The second-order valence-corrected chi connectivity index (χ2v) is 5.77. The first kappa shape index (κ1) is 13.0. The van der Waals surface area contributed by atoms with Gasteiger partial charge < -0.3 is 0 Å². The van der Waals surface area contributed by atoms with Gasteiger partial charge in [0.25, 0.3) is 0 Å². The van der Waals surface area contributed by atoms with Gasteiger partial charge in [0, 0.05) is 29.4 Å². The van der Waals surface area contributed by atoms with Crippen molar-refractivity contribution in [2.75, 3.05) is 0 Å². The molecule has 0 amide bonds. The minimum absolute atomic E-state index is 0.0118. The maximum absolute atomic E-state index is 12.6. The number of hydrogen-bond donors (Lipinski definition) is 1. The molecular formula is C17H16N4O. The highest BCUT2D eigenvalue weighted by molar-refractivity contribution is 6.09. The fraction of sp³-hybridized carbons (Fsp3) is 0.235. The summed E-state index contributed by atoms with van der Waals surface area (Å²) in [6.07, 6.45) is 5.78. The highest BCUT2D eigenvalue weighted by Gasteiger charge is 2.26. The summed E-state index contributed by atoms with van der Waals surface area (Å²) in [7, 11) is 0. The average Bonchev–Trinajstić information content (AvgIpc) is 3.07. The maximum atomic E-state index is 12.6. The zero-order valence-corrected chi connectivity index (χ0v) is 12.3. The van der Waals surface area contributed by atoms with Gasteiger partial charge in [0.15, 0.2) is 11.6 Å². The third kappa shape index (κ3) is 2.24. The van der Waals surface area contributed by atoms with Crippen LogP contribution in [-0.2, 0) is 0 Å². The van der Waals surface area contributed by atoms with Crippen LogP contribution in [0.2, 0.25) is 0 Å². The number of hydrogen-bond acceptors (Lipinski definition) is 3. The summed E-state index contributed by atoms with van der Waals surface area (Å²) in [6, 6.07) is 9.59. The minimum Gasteiger partial charge on any atom is -0.288 e. The van der Waals surface area contributed by atoms with E-state index in [1.54, 1.807) is 17.1 Å². The van der Waals surface area contributed by atoms with Crippen LogP contribution in [0, 0.1) is 6.92 Å². The molecule has 1 fully saturated rings. The van der Waals surface area contributed by atoms with Crippen LogP contribution in [0.15, 0.2) is 42.7 Å². The number of nitrogens with one attached hydrogen (secondary N) is 1. The lowest BCUT2D eigenvalue weighted by Gasteiger charge is -2.01. The molecule has 0 unspecified atom stereocenters. The van der Waals surface area contributed by atoms with Crippen molar-refractivity contribution >= 4 is 5.78 Å². The third-order valence-corrected chi connectivity index (χ3v) is 4.07. The summed E-state index contributed by atoms with van der Waals surface area (Å²) >= 11 is 0. The van der Waals surface area contributed by atoms with Crippen molar-refractivity contribution in [1.82, 2.24) is 20.0 Å². The summed E-state index contributed by atoms with van der Waals surface area (Å²) in [5.74, 6) is 1.33. The second kappa shape index (κ2) is 4.94. The molecule has 1 aliphatic rings. The molecule has 2 aromatic heterocycles. The molecule has 0 atom stereocenters. The molecule has 1 saturated carbocycles. The quantitative estimate of drug-likeness (QED) is 0.752. The number of aromatic nitrogens is 4. The molecule has 4 rings (SSSR count). The normalized spacial score (nSPS) is 14.2. The van der Waals surface area contributed by atoms with Crippen molar-refractivity contribution in [3.05, 3.63) is 65.1 Å². The van der Waals surface area contributed by atoms with E-state index in [1.807, 2.05) is 37.3 Å². The van der Waals surface area contributed by atoms with Crippen LogP contribution in [-0.4, -0.2) is 25.8 Å². The Morgan fingerprint density at radius 2 is 2.14 bits per heavy atom. The van der Waals surface area contributed by atoms with Crippen LogP contribution in [0.5, 0.6) is 0 Å². The van der Waals surface area contributed by atoms with E-state index < -0.39 is 0 Å². The topological polar surface area (TPSA) is 63.6 Å². The zero-order chi connectivity index (χ0) is 15.1. The van der Waals surface area contributed by atoms with Gasteiger partial charge in [-0.2, -0.15) is 10.2 Å². The molecule has 5 heteroatoms. The van der Waals surface area contributed by atoms with Gasteiger partial charge in [0.1, 0.15) is 0 Å². The van der Waals surface area contributed by atoms with Crippen molar-refractivity contribution in [2.24, 2.45) is 0 Å². The molecule has 1 aromatic carbocycles. The van der Waals surface area contributed by atoms with E-state index in [9.17, 15) is 4.79 Å². The Balaban J connectivity index is 1.63. The molecule has 5 nitrogen and oxygen atoms in total. The first-order valence-corrected chi connectivity index (χ1v) is 7.43. The van der Waals surface area contributed by atoms with E-state index in [2.05, 4.69) is 15.3 Å². The predicted molar refractivity (Wildman–Crippen MR) is 82.3 cm³/mol. The van der Waals surface area contributed by atoms with Crippen LogP contribution in [0.4, 0.5) is 0 Å². The summed E-state index contributed by atoms with van der Waals surface area (Å²) in [6.45, 7) is 1.94. The van der Waals surface area contributed by atoms with Crippen LogP contribution in [0.1, 0.15) is 45.9 Å². The number of H-pyrrole nitrogens is 1. The van der Waals surface area contributed by atoms with Gasteiger partial charge in [-0.25, -0.2) is 4.68 Å². The lowest BCUT2D eigenvalue weighted by molar-refractivity contribution is 0.103. The number of ketones is 1. The summed E-state index contributed by atoms with van der Waals surface area (Å²) in [4.78, 5) is 12.6. The molecule has 3 aromatic rings. The first-order chi connectivity index (χ1) is 10.7. The van der Waals surface area contributed by atoms with Crippen molar-refractivity contribution in [2.45, 2.75) is 25.7 Å². The number of carbonyl (C=O) groups excluding carboxylic acids is 1. The molecule has 1 aliphatic carbocycles. The number of aryl methyl sites for hydroxylation is 1. The van der Waals surface area contributed by atoms with E-state index in [-0.39, 0.29) is 5.78 Å². The summed E-state index contributed by atoms with van der Waals surface area (Å²) in [5.41, 5.74) is 3.40. The van der Waals surface area contributed by atoms with Crippen molar-refractivity contribution in [3.63, 3.8) is 0 Å². The highest BCUT2D eigenvalue weighted by Crippen LogP contribution is 2.39. The maximum Gasteiger partial charge on any atom is 0.196 e. The third-order valence-electron chi connectivity index (χ3n) is 4.07. The first-order valence-electron chi connectivity index (χ1n) is 7.43. The molecule has 1 N–H and O–H groups in total. The fourth-order valence-corrected chi connectivity index (χ4v) is 2.59. The Kier molecular flexibility index (Phi) is 2.92. The molecule has 110 valence electrons. The molecule has 22 heavy (non-hydrogen) atoms. The van der Waals surface area contributed by atoms with Crippen molar-refractivity contribution in [3.8, 4) is 5.82 Å². The lowest BCUT2D eigenvalue weighted by Crippen LogP contribution is -2.02. The molecule has 0 radical (unpaired) electrons. The lowest BCUT2D eigenvalue weighted by atomic mass is 10.0. The Labute approximate surface area is 128 Å². The Morgan fingerprint density at radius 3 is 2.91 bits per heavy atom.